The number of hydrogen-bond acceptors (Lipinski definition) is 3. The zero-order valence-corrected chi connectivity index (χ0v) is 10.7. The van der Waals surface area contributed by atoms with Crippen molar-refractivity contribution in [1.29, 1.82) is 0 Å². The molecule has 0 aliphatic rings. The van der Waals surface area contributed by atoms with E-state index in [0.717, 1.165) is 6.42 Å². The largest absolute Gasteiger partial charge is 0.346 e. The fourth-order valence-electron chi connectivity index (χ4n) is 0.959. The van der Waals surface area contributed by atoms with Crippen LogP contribution in [0.4, 0.5) is 0 Å². The first-order valence-corrected chi connectivity index (χ1v) is 5.75. The molecule has 0 saturated carbocycles. The van der Waals surface area contributed by atoms with E-state index >= 15 is 0 Å². The zero-order chi connectivity index (χ0) is 12.6. The second kappa shape index (κ2) is 8.10. The van der Waals surface area contributed by atoms with Crippen molar-refractivity contribution >= 4 is 11.8 Å². The van der Waals surface area contributed by atoms with E-state index < -0.39 is 0 Å². The summed E-state index contributed by atoms with van der Waals surface area (Å²) in [5, 5.41) is 5.65. The van der Waals surface area contributed by atoms with Crippen LogP contribution in [0.5, 0.6) is 0 Å². The second-order valence-corrected chi connectivity index (χ2v) is 3.87. The summed E-state index contributed by atoms with van der Waals surface area (Å²) < 4.78 is 0. The smallest absolute Gasteiger partial charge is 0.241 e. The molecule has 0 aromatic rings. The Morgan fingerprint density at radius 1 is 1.25 bits per heavy atom. The van der Waals surface area contributed by atoms with Gasteiger partial charge in [-0.1, -0.05) is 6.92 Å². The molecular formula is C11H23N3O2. The van der Waals surface area contributed by atoms with Gasteiger partial charge in [0.25, 0.3) is 0 Å². The third kappa shape index (κ3) is 6.40. The van der Waals surface area contributed by atoms with E-state index in [0.29, 0.717) is 12.6 Å². The number of rotatable bonds is 7. The van der Waals surface area contributed by atoms with Crippen LogP contribution in [0.1, 0.15) is 27.2 Å². The minimum Gasteiger partial charge on any atom is -0.346 e. The van der Waals surface area contributed by atoms with E-state index in [2.05, 4.69) is 17.6 Å². The van der Waals surface area contributed by atoms with Gasteiger partial charge >= 0.3 is 0 Å². The number of nitrogens with zero attached hydrogens (tertiary/aromatic N) is 1. The van der Waals surface area contributed by atoms with Crippen molar-refractivity contribution in [1.82, 2.24) is 15.5 Å². The monoisotopic (exact) mass is 229 g/mol. The van der Waals surface area contributed by atoms with Gasteiger partial charge in [0.1, 0.15) is 0 Å². The van der Waals surface area contributed by atoms with Crippen molar-refractivity contribution in [2.75, 3.05) is 26.7 Å². The predicted octanol–water partition coefficient (Wildman–Crippen LogP) is -0.0310. The van der Waals surface area contributed by atoms with Gasteiger partial charge < -0.3 is 15.5 Å². The molecule has 0 aromatic carbocycles. The fraction of sp³-hybridized carbons (Fsp3) is 0.818. The number of hydrogen-bond donors (Lipinski definition) is 2. The summed E-state index contributed by atoms with van der Waals surface area (Å²) in [5.41, 5.74) is 0. The maximum absolute atomic E-state index is 11.4. The molecule has 0 spiro atoms. The average molecular weight is 229 g/mol. The topological polar surface area (TPSA) is 61.4 Å². The summed E-state index contributed by atoms with van der Waals surface area (Å²) >= 11 is 0. The first-order valence-electron chi connectivity index (χ1n) is 5.75. The molecule has 0 aromatic heterocycles. The summed E-state index contributed by atoms with van der Waals surface area (Å²) in [7, 11) is 1.71. The van der Waals surface area contributed by atoms with E-state index in [1.165, 1.54) is 0 Å². The van der Waals surface area contributed by atoms with Crippen molar-refractivity contribution in [2.24, 2.45) is 0 Å². The Labute approximate surface area is 97.6 Å². The van der Waals surface area contributed by atoms with Crippen LogP contribution < -0.4 is 10.6 Å². The predicted molar refractivity (Wildman–Crippen MR) is 64.1 cm³/mol. The Morgan fingerprint density at radius 3 is 2.38 bits per heavy atom. The number of carbonyl (C=O) groups is 2. The maximum atomic E-state index is 11.4. The summed E-state index contributed by atoms with van der Waals surface area (Å²) in [4.78, 5) is 24.3. The van der Waals surface area contributed by atoms with Crippen LogP contribution in [0.2, 0.25) is 0 Å². The second-order valence-electron chi connectivity index (χ2n) is 3.87. The fourth-order valence-corrected chi connectivity index (χ4v) is 0.959. The lowest BCUT2D eigenvalue weighted by Gasteiger charge is -2.15. The molecule has 0 aliphatic heterocycles. The molecule has 0 rings (SSSR count). The van der Waals surface area contributed by atoms with Gasteiger partial charge in [0.2, 0.25) is 11.8 Å². The summed E-state index contributed by atoms with van der Waals surface area (Å²) in [5.74, 6) is -0.211. The van der Waals surface area contributed by atoms with E-state index in [1.54, 1.807) is 11.9 Å². The number of likely N-dealkylation sites (N-methyl/N-ethyl adjacent to an activating group) is 1. The lowest BCUT2D eigenvalue weighted by molar-refractivity contribution is -0.131. The SMILES string of the molecule is CCC(C)NCC(=O)NCC(=O)N(C)CC. The normalized spacial score (nSPS) is 12.0. The molecular weight excluding hydrogens is 206 g/mol. The Bertz CT molecular complexity index is 231. The van der Waals surface area contributed by atoms with Crippen molar-refractivity contribution < 1.29 is 9.59 Å². The molecule has 0 fully saturated rings. The summed E-state index contributed by atoms with van der Waals surface area (Å²) in [6.45, 7) is 6.95. The quantitative estimate of drug-likeness (QED) is 0.644. The highest BCUT2D eigenvalue weighted by Gasteiger charge is 2.08. The van der Waals surface area contributed by atoms with Crippen molar-refractivity contribution in [2.45, 2.75) is 33.2 Å². The molecule has 16 heavy (non-hydrogen) atoms. The van der Waals surface area contributed by atoms with Gasteiger partial charge in [-0.15, -0.1) is 0 Å². The van der Waals surface area contributed by atoms with Crippen LogP contribution in [0.15, 0.2) is 0 Å². The highest BCUT2D eigenvalue weighted by atomic mass is 16.2. The number of amides is 2. The van der Waals surface area contributed by atoms with Gasteiger partial charge in [-0.05, 0) is 20.3 Å². The van der Waals surface area contributed by atoms with Gasteiger partial charge in [-0.3, -0.25) is 9.59 Å². The molecule has 5 nitrogen and oxygen atoms in total. The Hall–Kier alpha value is -1.10. The Kier molecular flexibility index (Phi) is 7.54. The Balaban J connectivity index is 3.69. The van der Waals surface area contributed by atoms with Crippen LogP contribution >= 0.6 is 0 Å². The van der Waals surface area contributed by atoms with Crippen LogP contribution in [-0.2, 0) is 9.59 Å². The first kappa shape index (κ1) is 14.9. The Morgan fingerprint density at radius 2 is 1.88 bits per heavy atom. The third-order valence-corrected chi connectivity index (χ3v) is 2.56. The molecule has 0 bridgehead atoms. The third-order valence-electron chi connectivity index (χ3n) is 2.56. The van der Waals surface area contributed by atoms with Crippen LogP contribution in [0.3, 0.4) is 0 Å². The van der Waals surface area contributed by atoms with Gasteiger partial charge in [0.15, 0.2) is 0 Å². The first-order chi connectivity index (χ1) is 7.51. The minimum atomic E-state index is -0.141. The van der Waals surface area contributed by atoms with Gasteiger partial charge in [-0.25, -0.2) is 0 Å². The van der Waals surface area contributed by atoms with Gasteiger partial charge in [0.05, 0.1) is 13.1 Å². The summed E-state index contributed by atoms with van der Waals surface area (Å²) in [6.07, 6.45) is 0.977. The van der Waals surface area contributed by atoms with Crippen LogP contribution in [0.25, 0.3) is 0 Å². The van der Waals surface area contributed by atoms with Crippen molar-refractivity contribution in [3.8, 4) is 0 Å². The molecule has 1 atom stereocenters. The molecule has 0 saturated heterocycles. The molecule has 0 radical (unpaired) electrons. The van der Waals surface area contributed by atoms with E-state index in [-0.39, 0.29) is 24.9 Å². The van der Waals surface area contributed by atoms with Crippen molar-refractivity contribution in [3.05, 3.63) is 0 Å². The molecule has 2 amide bonds. The van der Waals surface area contributed by atoms with Gasteiger partial charge in [-0.2, -0.15) is 0 Å². The van der Waals surface area contributed by atoms with Crippen LogP contribution in [-0.4, -0.2) is 49.4 Å². The molecule has 5 heteroatoms. The van der Waals surface area contributed by atoms with Gasteiger partial charge in [0, 0.05) is 19.6 Å². The molecule has 94 valence electrons. The van der Waals surface area contributed by atoms with E-state index in [4.69, 9.17) is 0 Å². The molecule has 2 N–H and O–H groups in total. The average Bonchev–Trinajstić information content (AvgIpc) is 2.31. The highest BCUT2D eigenvalue weighted by molar-refractivity contribution is 5.85. The zero-order valence-electron chi connectivity index (χ0n) is 10.7. The maximum Gasteiger partial charge on any atom is 0.241 e. The molecule has 0 heterocycles. The molecule has 0 aliphatic carbocycles. The molecule has 1 unspecified atom stereocenters. The standard InChI is InChI=1S/C11H23N3O2/c1-5-9(3)12-7-10(15)13-8-11(16)14(4)6-2/h9,12H,5-8H2,1-4H3,(H,13,15). The lowest BCUT2D eigenvalue weighted by Crippen LogP contribution is -2.42. The minimum absolute atomic E-state index is 0.0700. The number of nitrogens with one attached hydrogen (secondary N) is 2. The number of carbonyl (C=O) groups excluding carboxylic acids is 2. The van der Waals surface area contributed by atoms with Crippen LogP contribution in [0, 0.1) is 0 Å². The lowest BCUT2D eigenvalue weighted by atomic mass is 10.2. The summed E-state index contributed by atoms with van der Waals surface area (Å²) in [6, 6.07) is 0.319. The van der Waals surface area contributed by atoms with Crippen molar-refractivity contribution in [3.63, 3.8) is 0 Å². The van der Waals surface area contributed by atoms with E-state index in [9.17, 15) is 9.59 Å². The highest BCUT2D eigenvalue weighted by Crippen LogP contribution is 1.86. The van der Waals surface area contributed by atoms with E-state index in [1.807, 2.05) is 13.8 Å².